The van der Waals surface area contributed by atoms with Crippen LogP contribution in [0.4, 0.5) is 4.39 Å². The smallest absolute Gasteiger partial charge is 0.348 e. The van der Waals surface area contributed by atoms with Crippen LogP contribution in [0.1, 0.15) is 61.8 Å². The monoisotopic (exact) mass is 868 g/mol. The fraction of sp³-hybridized carbons (Fsp3) is 0.185. The van der Waals surface area contributed by atoms with Crippen LogP contribution in [0.2, 0.25) is 5.02 Å². The summed E-state index contributed by atoms with van der Waals surface area (Å²) in [7, 11) is 0. The molecule has 0 spiro atoms. The summed E-state index contributed by atoms with van der Waals surface area (Å²) >= 11 is 6.14. The quantitative estimate of drug-likeness (QED) is 0.114. The summed E-state index contributed by atoms with van der Waals surface area (Å²) in [5, 5.41) is 2.22. The third kappa shape index (κ3) is 10.4. The van der Waals surface area contributed by atoms with Crippen molar-refractivity contribution in [2.45, 2.75) is 52.6 Å². The van der Waals surface area contributed by atoms with Gasteiger partial charge in [-0.05, 0) is 94.8 Å². The van der Waals surface area contributed by atoms with Crippen molar-refractivity contribution in [1.82, 2.24) is 19.1 Å². The number of rotatable bonds is 12. The first-order valence-corrected chi connectivity index (χ1v) is 21.2. The maximum atomic E-state index is 13.3. The van der Waals surface area contributed by atoms with Crippen molar-refractivity contribution in [3.8, 4) is 58.7 Å². The molecule has 0 N–H and O–H groups in total. The van der Waals surface area contributed by atoms with E-state index in [0.717, 1.165) is 38.5 Å². The Labute approximate surface area is 377 Å². The Morgan fingerprint density at radius 1 is 0.594 bits per heavy atom. The van der Waals surface area contributed by atoms with Crippen molar-refractivity contribution < 1.29 is 13.9 Å². The van der Waals surface area contributed by atoms with Crippen LogP contribution in [0.3, 0.4) is 0 Å². The summed E-state index contributed by atoms with van der Waals surface area (Å²) in [6, 6.07) is 40.8. The second-order valence-electron chi connectivity index (χ2n) is 15.8. The molecule has 2 aromatic heterocycles. The van der Waals surface area contributed by atoms with Gasteiger partial charge in [-0.15, -0.1) is 12.8 Å². The largest absolute Gasteiger partial charge is 0.481 e. The Morgan fingerprint density at radius 3 is 1.47 bits per heavy atom. The van der Waals surface area contributed by atoms with E-state index >= 15 is 0 Å². The van der Waals surface area contributed by atoms with Gasteiger partial charge in [0.1, 0.15) is 30.5 Å². The molecular weight excluding hydrogens is 823 g/mol. The van der Waals surface area contributed by atoms with E-state index in [1.54, 1.807) is 27.3 Å². The van der Waals surface area contributed by atoms with Crippen molar-refractivity contribution >= 4 is 33.4 Å². The summed E-state index contributed by atoms with van der Waals surface area (Å²) < 4.78 is 27.8. The lowest BCUT2D eigenvalue weighted by molar-refractivity contribution is 0.371. The van der Waals surface area contributed by atoms with E-state index in [9.17, 15) is 14.0 Å². The van der Waals surface area contributed by atoms with Gasteiger partial charge in [-0.25, -0.2) is 14.0 Å². The minimum Gasteiger partial charge on any atom is -0.481 e. The summed E-state index contributed by atoms with van der Waals surface area (Å²) in [6.07, 6.45) is 10.7. The van der Waals surface area contributed by atoms with Gasteiger partial charge in [0.15, 0.2) is 0 Å². The van der Waals surface area contributed by atoms with Gasteiger partial charge in [0.25, 0.3) is 0 Å². The van der Waals surface area contributed by atoms with Crippen LogP contribution in [0.25, 0.3) is 44.3 Å². The van der Waals surface area contributed by atoms with Crippen LogP contribution in [-0.4, -0.2) is 32.3 Å². The van der Waals surface area contributed by atoms with Crippen molar-refractivity contribution in [3.63, 3.8) is 0 Å². The van der Waals surface area contributed by atoms with Gasteiger partial charge in [0, 0.05) is 26.9 Å². The standard InChI is InChI=1S/C27H23ClN2O2.C27H23FN2O2/c1-4-14-32-23-12-13-25-24(16-23)26(21-10-8-20(9-11-21)18(2)3)29-27(31)30(25)17-19-6-5-7-22(28)15-19;1-4-15-32-23-13-14-25-24(16-23)26(21-9-7-20(8-10-21)18(2)3)29-27(31)30(25)17-19-5-11-22(28)12-6-19/h1,5-13,15-16,18H,14,17H2,2-3H3;1,5-14,16,18H,15,17H2,2-3H3. The van der Waals surface area contributed by atoms with E-state index in [2.05, 4.69) is 73.8 Å². The van der Waals surface area contributed by atoms with Gasteiger partial charge in [-0.1, -0.05) is 124 Å². The van der Waals surface area contributed by atoms with Gasteiger partial charge in [-0.2, -0.15) is 9.97 Å². The fourth-order valence-corrected chi connectivity index (χ4v) is 7.55. The van der Waals surface area contributed by atoms with Gasteiger partial charge in [-0.3, -0.25) is 9.13 Å². The second-order valence-corrected chi connectivity index (χ2v) is 16.2. The van der Waals surface area contributed by atoms with E-state index in [4.69, 9.17) is 33.9 Å². The maximum Gasteiger partial charge on any atom is 0.348 e. The molecule has 0 saturated carbocycles. The highest BCUT2D eigenvalue weighted by molar-refractivity contribution is 6.30. The van der Waals surface area contributed by atoms with Crippen LogP contribution in [0, 0.1) is 30.5 Å². The number of hydrogen-bond donors (Lipinski definition) is 0. The highest BCUT2D eigenvalue weighted by Crippen LogP contribution is 2.32. The molecule has 10 heteroatoms. The Balaban J connectivity index is 0.000000191. The molecule has 0 aliphatic heterocycles. The van der Waals surface area contributed by atoms with Crippen molar-refractivity contribution in [3.05, 3.63) is 188 Å². The molecule has 0 fully saturated rings. The Hall–Kier alpha value is -7.46. The van der Waals surface area contributed by atoms with E-state index in [1.165, 1.54) is 23.3 Å². The normalized spacial score (nSPS) is 11.0. The molecule has 8 nitrogen and oxygen atoms in total. The topological polar surface area (TPSA) is 88.2 Å². The Morgan fingerprint density at radius 2 is 1.05 bits per heavy atom. The van der Waals surface area contributed by atoms with Crippen molar-refractivity contribution in [1.29, 1.82) is 0 Å². The first-order chi connectivity index (χ1) is 30.9. The number of terminal acetylenes is 2. The van der Waals surface area contributed by atoms with Gasteiger partial charge >= 0.3 is 11.4 Å². The maximum absolute atomic E-state index is 13.3. The van der Waals surface area contributed by atoms with Crippen molar-refractivity contribution in [2.24, 2.45) is 0 Å². The number of halogens is 2. The van der Waals surface area contributed by atoms with Gasteiger partial charge < -0.3 is 9.47 Å². The minimum absolute atomic E-state index is 0.145. The highest BCUT2D eigenvalue weighted by Gasteiger charge is 2.17. The molecule has 0 unspecified atom stereocenters. The molecule has 64 heavy (non-hydrogen) atoms. The lowest BCUT2D eigenvalue weighted by Gasteiger charge is -2.15. The first kappa shape index (κ1) is 44.6. The molecule has 0 aliphatic carbocycles. The fourth-order valence-electron chi connectivity index (χ4n) is 7.34. The molecule has 8 aromatic rings. The number of hydrogen-bond acceptors (Lipinski definition) is 6. The third-order valence-electron chi connectivity index (χ3n) is 10.7. The zero-order valence-electron chi connectivity index (χ0n) is 36.0. The Bertz CT molecular complexity index is 3140. The van der Waals surface area contributed by atoms with Crippen LogP contribution in [0.5, 0.6) is 11.5 Å². The average Bonchev–Trinajstić information content (AvgIpc) is 3.30. The molecular formula is C54H46ClFN4O4. The summed E-state index contributed by atoms with van der Waals surface area (Å²) in [4.78, 5) is 35.0. The lowest BCUT2D eigenvalue weighted by Crippen LogP contribution is -2.24. The molecule has 6 aromatic carbocycles. The van der Waals surface area contributed by atoms with E-state index < -0.39 is 0 Å². The molecule has 0 saturated heterocycles. The summed E-state index contributed by atoms with van der Waals surface area (Å²) in [5.74, 6) is 6.68. The number of benzene rings is 6. The summed E-state index contributed by atoms with van der Waals surface area (Å²) in [6.45, 7) is 9.51. The Kier molecular flexibility index (Phi) is 14.0. The van der Waals surface area contributed by atoms with Crippen LogP contribution < -0.4 is 20.9 Å². The van der Waals surface area contributed by atoms with E-state index in [0.29, 0.717) is 51.8 Å². The van der Waals surface area contributed by atoms with Gasteiger partial charge in [0.05, 0.1) is 35.5 Å². The number of fused-ring (bicyclic) bond motifs is 2. The molecule has 8 rings (SSSR count). The summed E-state index contributed by atoms with van der Waals surface area (Å²) in [5.41, 5.74) is 7.87. The number of nitrogens with zero attached hydrogens (tertiary/aromatic N) is 4. The highest BCUT2D eigenvalue weighted by atomic mass is 35.5. The molecule has 0 atom stereocenters. The number of ether oxygens (including phenoxy) is 2. The molecule has 0 radical (unpaired) electrons. The van der Waals surface area contributed by atoms with Crippen LogP contribution in [-0.2, 0) is 13.1 Å². The predicted molar refractivity (Wildman–Crippen MR) is 256 cm³/mol. The first-order valence-electron chi connectivity index (χ1n) is 20.8. The SMILES string of the molecule is C#CCOc1ccc2c(c1)c(-c1ccc(C(C)C)cc1)nc(=O)n2Cc1ccc(F)cc1.C#CCOc1ccc2c(c1)c(-c1ccc(C(C)C)cc1)nc(=O)n2Cc1cccc(Cl)c1. The van der Waals surface area contributed by atoms with Crippen molar-refractivity contribution in [2.75, 3.05) is 13.2 Å². The van der Waals surface area contributed by atoms with Crippen LogP contribution in [0.15, 0.2) is 143 Å². The molecule has 0 bridgehead atoms. The lowest BCUT2D eigenvalue weighted by atomic mass is 9.99. The van der Waals surface area contributed by atoms with E-state index in [1.807, 2.05) is 78.9 Å². The minimum atomic E-state index is -0.373. The number of aromatic nitrogens is 4. The average molecular weight is 869 g/mol. The molecule has 2 heterocycles. The second kappa shape index (κ2) is 20.2. The molecule has 0 amide bonds. The van der Waals surface area contributed by atoms with Gasteiger partial charge in [0.2, 0.25) is 0 Å². The molecule has 320 valence electrons. The van der Waals surface area contributed by atoms with Crippen LogP contribution >= 0.6 is 11.6 Å². The third-order valence-corrected chi connectivity index (χ3v) is 11.0. The predicted octanol–water partition coefficient (Wildman–Crippen LogP) is 11.3. The molecule has 0 aliphatic rings. The zero-order chi connectivity index (χ0) is 45.3. The van der Waals surface area contributed by atoms with E-state index in [-0.39, 0.29) is 37.0 Å². The zero-order valence-corrected chi connectivity index (χ0v) is 36.8.